The monoisotopic (exact) mass is 366 g/mol. The summed E-state index contributed by atoms with van der Waals surface area (Å²) in [5, 5.41) is 11.7. The van der Waals surface area contributed by atoms with E-state index in [2.05, 4.69) is 12.2 Å². The number of unbranched alkanes of at least 4 members (excludes halogenated alkanes) is 3. The summed E-state index contributed by atoms with van der Waals surface area (Å²) in [5.41, 5.74) is 0.948. The molecule has 0 bridgehead atoms. The third-order valence-corrected chi connectivity index (χ3v) is 3.87. The lowest BCUT2D eigenvalue weighted by atomic mass is 10.1. The van der Waals surface area contributed by atoms with E-state index in [4.69, 9.17) is 26.3 Å². The van der Waals surface area contributed by atoms with Crippen molar-refractivity contribution in [2.45, 2.75) is 52.4 Å². The molecule has 1 aromatic carbocycles. The van der Waals surface area contributed by atoms with Crippen LogP contribution in [0, 0.1) is 11.3 Å². The average Bonchev–Trinajstić information content (AvgIpc) is 2.57. The van der Waals surface area contributed by atoms with Gasteiger partial charge in [-0.15, -0.1) is 0 Å². The van der Waals surface area contributed by atoms with Crippen LogP contribution >= 0.6 is 11.6 Å². The highest BCUT2D eigenvalue weighted by molar-refractivity contribution is 6.32. The Morgan fingerprint density at radius 2 is 2.04 bits per heavy atom. The van der Waals surface area contributed by atoms with Crippen molar-refractivity contribution in [3.63, 3.8) is 0 Å². The van der Waals surface area contributed by atoms with Gasteiger partial charge in [0.15, 0.2) is 11.5 Å². The second-order valence-corrected chi connectivity index (χ2v) is 6.09. The molecule has 0 atom stereocenters. The molecule has 1 aromatic rings. The molecule has 138 valence electrons. The predicted octanol–water partition coefficient (Wildman–Crippen LogP) is 4.27. The Hall–Kier alpha value is -1.93. The first kappa shape index (κ1) is 21.1. The molecule has 0 aliphatic carbocycles. The molecule has 1 amide bonds. The molecule has 0 aliphatic rings. The van der Waals surface area contributed by atoms with Gasteiger partial charge in [-0.05, 0) is 37.5 Å². The first-order valence-electron chi connectivity index (χ1n) is 8.84. The highest BCUT2D eigenvalue weighted by atomic mass is 35.5. The van der Waals surface area contributed by atoms with Crippen molar-refractivity contribution in [2.75, 3.05) is 19.8 Å². The topological polar surface area (TPSA) is 71.3 Å². The summed E-state index contributed by atoms with van der Waals surface area (Å²) in [7, 11) is 0. The molecule has 0 unspecified atom stereocenters. The van der Waals surface area contributed by atoms with Gasteiger partial charge in [0.1, 0.15) is 6.42 Å². The van der Waals surface area contributed by atoms with Gasteiger partial charge in [0.05, 0.1) is 24.3 Å². The third kappa shape index (κ3) is 8.13. The number of hydrogen-bond donors (Lipinski definition) is 1. The zero-order valence-corrected chi connectivity index (χ0v) is 15.8. The zero-order chi connectivity index (χ0) is 18.5. The second kappa shape index (κ2) is 12.4. The maximum Gasteiger partial charge on any atom is 0.234 e. The summed E-state index contributed by atoms with van der Waals surface area (Å²) in [6.07, 6.45) is 4.99. The number of halogens is 1. The van der Waals surface area contributed by atoms with E-state index >= 15 is 0 Å². The van der Waals surface area contributed by atoms with Crippen LogP contribution < -0.4 is 14.8 Å². The number of hydrogen-bond acceptors (Lipinski definition) is 4. The molecule has 5 nitrogen and oxygen atoms in total. The molecule has 0 radical (unpaired) electrons. The third-order valence-electron chi connectivity index (χ3n) is 3.59. The Morgan fingerprint density at radius 3 is 2.72 bits per heavy atom. The van der Waals surface area contributed by atoms with Crippen molar-refractivity contribution in [3.05, 3.63) is 22.7 Å². The maximum absolute atomic E-state index is 11.3. The van der Waals surface area contributed by atoms with E-state index in [0.717, 1.165) is 18.4 Å². The number of nitrogens with zero attached hydrogens (tertiary/aromatic N) is 1. The molecular formula is C19H27ClN2O3. The van der Waals surface area contributed by atoms with Crippen LogP contribution in [0.5, 0.6) is 11.5 Å². The number of benzene rings is 1. The zero-order valence-electron chi connectivity index (χ0n) is 15.1. The molecule has 1 N–H and O–H groups in total. The number of nitrogens with one attached hydrogen (secondary N) is 1. The van der Waals surface area contributed by atoms with E-state index in [-0.39, 0.29) is 12.3 Å². The fourth-order valence-electron chi connectivity index (χ4n) is 2.35. The summed E-state index contributed by atoms with van der Waals surface area (Å²) < 4.78 is 11.5. The lowest BCUT2D eigenvalue weighted by Gasteiger charge is -2.15. The van der Waals surface area contributed by atoms with Crippen molar-refractivity contribution >= 4 is 17.5 Å². The van der Waals surface area contributed by atoms with Crippen LogP contribution in [0.4, 0.5) is 0 Å². The van der Waals surface area contributed by atoms with E-state index in [1.807, 2.05) is 25.1 Å². The van der Waals surface area contributed by atoms with Gasteiger partial charge in [-0.25, -0.2) is 0 Å². The Kier molecular flexibility index (Phi) is 10.5. The molecule has 0 aliphatic heterocycles. The van der Waals surface area contributed by atoms with Crippen LogP contribution in [0.15, 0.2) is 12.1 Å². The molecule has 25 heavy (non-hydrogen) atoms. The van der Waals surface area contributed by atoms with Gasteiger partial charge in [-0.1, -0.05) is 37.8 Å². The number of nitriles is 1. The van der Waals surface area contributed by atoms with Crippen LogP contribution in [0.2, 0.25) is 5.02 Å². The molecule has 6 heteroatoms. The number of carbonyl (C=O) groups excluding carboxylic acids is 1. The summed E-state index contributed by atoms with van der Waals surface area (Å²) in [6, 6.07) is 5.55. The number of ether oxygens (including phenoxy) is 2. The highest BCUT2D eigenvalue weighted by Gasteiger charge is 2.13. The lowest BCUT2D eigenvalue weighted by molar-refractivity contribution is -0.120. The summed E-state index contributed by atoms with van der Waals surface area (Å²) in [4.78, 5) is 11.3. The van der Waals surface area contributed by atoms with Crippen molar-refractivity contribution in [3.8, 4) is 17.6 Å². The van der Waals surface area contributed by atoms with Crippen molar-refractivity contribution in [1.29, 1.82) is 5.26 Å². The lowest BCUT2D eigenvalue weighted by Crippen LogP contribution is -2.24. The summed E-state index contributed by atoms with van der Waals surface area (Å²) >= 11 is 6.37. The van der Waals surface area contributed by atoms with Crippen LogP contribution in [0.25, 0.3) is 0 Å². The van der Waals surface area contributed by atoms with Gasteiger partial charge in [-0.2, -0.15) is 5.26 Å². The standard InChI is InChI=1S/C19H27ClN2O3/c1-3-5-6-7-12-25-19-16(20)13-15(14-17(19)24-4-2)9-11-22-18(23)8-10-21/h13-14H,3-9,11-12H2,1-2H3,(H,22,23). The van der Waals surface area contributed by atoms with Gasteiger partial charge < -0.3 is 14.8 Å². The van der Waals surface area contributed by atoms with Gasteiger partial charge in [0, 0.05) is 6.54 Å². The van der Waals surface area contributed by atoms with Crippen molar-refractivity contribution < 1.29 is 14.3 Å². The Labute approximate surface area is 155 Å². The molecule has 0 aromatic heterocycles. The fourth-order valence-corrected chi connectivity index (χ4v) is 2.64. The van der Waals surface area contributed by atoms with Gasteiger partial charge >= 0.3 is 0 Å². The van der Waals surface area contributed by atoms with E-state index in [1.165, 1.54) is 12.8 Å². The summed E-state index contributed by atoms with van der Waals surface area (Å²) in [6.45, 7) is 5.66. The Balaban J connectivity index is 2.67. The van der Waals surface area contributed by atoms with Crippen LogP contribution in [-0.4, -0.2) is 25.7 Å². The SMILES string of the molecule is CCCCCCOc1c(Cl)cc(CCNC(=O)CC#N)cc1OCC. The van der Waals surface area contributed by atoms with Gasteiger partial charge in [0.25, 0.3) is 0 Å². The minimum Gasteiger partial charge on any atom is -0.490 e. The van der Waals surface area contributed by atoms with Crippen LogP contribution in [0.3, 0.4) is 0 Å². The second-order valence-electron chi connectivity index (χ2n) is 5.68. The van der Waals surface area contributed by atoms with E-state index < -0.39 is 0 Å². The largest absolute Gasteiger partial charge is 0.490 e. The highest BCUT2D eigenvalue weighted by Crippen LogP contribution is 2.37. The fraction of sp³-hybridized carbons (Fsp3) is 0.579. The quantitative estimate of drug-likeness (QED) is 0.561. The maximum atomic E-state index is 11.3. The molecular weight excluding hydrogens is 340 g/mol. The van der Waals surface area contributed by atoms with Crippen LogP contribution in [-0.2, 0) is 11.2 Å². The first-order valence-corrected chi connectivity index (χ1v) is 9.21. The molecule has 0 spiro atoms. The normalized spacial score (nSPS) is 10.2. The predicted molar refractivity (Wildman–Crippen MR) is 99.2 cm³/mol. The minimum atomic E-state index is -0.273. The van der Waals surface area contributed by atoms with Crippen LogP contribution in [0.1, 0.15) is 51.5 Å². The average molecular weight is 367 g/mol. The first-order chi connectivity index (χ1) is 12.1. The van der Waals surface area contributed by atoms with Crippen molar-refractivity contribution in [1.82, 2.24) is 5.32 Å². The smallest absolute Gasteiger partial charge is 0.234 e. The molecule has 0 saturated carbocycles. The number of carbonyl (C=O) groups is 1. The molecule has 0 fully saturated rings. The minimum absolute atomic E-state index is 0.129. The molecule has 0 heterocycles. The van der Waals surface area contributed by atoms with Crippen molar-refractivity contribution in [2.24, 2.45) is 0 Å². The van der Waals surface area contributed by atoms with Gasteiger partial charge in [-0.3, -0.25) is 4.79 Å². The molecule has 0 saturated heterocycles. The summed E-state index contributed by atoms with van der Waals surface area (Å²) in [5.74, 6) is 0.937. The Morgan fingerprint density at radius 1 is 1.24 bits per heavy atom. The van der Waals surface area contributed by atoms with E-state index in [0.29, 0.717) is 42.7 Å². The van der Waals surface area contributed by atoms with E-state index in [9.17, 15) is 4.79 Å². The molecule has 1 rings (SSSR count). The number of amides is 1. The van der Waals surface area contributed by atoms with E-state index in [1.54, 1.807) is 0 Å². The number of rotatable bonds is 12. The van der Waals surface area contributed by atoms with Gasteiger partial charge in [0.2, 0.25) is 5.91 Å². The Bertz CT molecular complexity index is 585.